The summed E-state index contributed by atoms with van der Waals surface area (Å²) in [6, 6.07) is 5.94. The van der Waals surface area contributed by atoms with E-state index in [0.717, 1.165) is 12.1 Å². The molecule has 1 N–H and O–H groups in total. The lowest BCUT2D eigenvalue weighted by molar-refractivity contribution is 0.00795. The minimum absolute atomic E-state index is 0.0919. The smallest absolute Gasteiger partial charge is 0.0794 e. The Balaban J connectivity index is 2.28. The van der Waals surface area contributed by atoms with Gasteiger partial charge in [-0.15, -0.1) is 0 Å². The van der Waals surface area contributed by atoms with Crippen LogP contribution >= 0.6 is 23.2 Å². The van der Waals surface area contributed by atoms with Gasteiger partial charge in [-0.25, -0.2) is 0 Å². The van der Waals surface area contributed by atoms with Gasteiger partial charge in [-0.2, -0.15) is 0 Å². The Morgan fingerprint density at radius 2 is 1.95 bits per heavy atom. The fraction of sp³-hybridized carbons (Fsp3) is 0.647. The summed E-state index contributed by atoms with van der Waals surface area (Å²) in [7, 11) is 1.81. The van der Waals surface area contributed by atoms with Crippen LogP contribution in [-0.2, 0) is 4.74 Å². The van der Waals surface area contributed by atoms with E-state index in [0.29, 0.717) is 16.0 Å². The average molecular weight is 330 g/mol. The van der Waals surface area contributed by atoms with Crippen molar-refractivity contribution >= 4 is 23.2 Å². The SMILES string of the molecule is CCNC(c1cccc(Cl)c1Cl)C(OC)C1CCCCC1. The minimum atomic E-state index is 0.0919. The second kappa shape index (κ2) is 8.38. The molecule has 2 atom stereocenters. The highest BCUT2D eigenvalue weighted by molar-refractivity contribution is 6.42. The van der Waals surface area contributed by atoms with Crippen molar-refractivity contribution in [2.45, 2.75) is 51.2 Å². The quantitative estimate of drug-likeness (QED) is 0.770. The topological polar surface area (TPSA) is 21.3 Å². The summed E-state index contributed by atoms with van der Waals surface area (Å²) in [5.41, 5.74) is 1.04. The predicted octanol–water partition coefficient (Wildman–Crippen LogP) is 5.24. The van der Waals surface area contributed by atoms with Crippen LogP contribution in [0.5, 0.6) is 0 Å². The molecule has 1 aromatic carbocycles. The summed E-state index contributed by atoms with van der Waals surface area (Å²) in [6.45, 7) is 2.99. The van der Waals surface area contributed by atoms with Crippen LogP contribution in [0.3, 0.4) is 0 Å². The van der Waals surface area contributed by atoms with Gasteiger partial charge in [0, 0.05) is 7.11 Å². The van der Waals surface area contributed by atoms with Crippen LogP contribution in [0.15, 0.2) is 18.2 Å². The van der Waals surface area contributed by atoms with E-state index in [1.807, 2.05) is 19.2 Å². The molecule has 0 heterocycles. The average Bonchev–Trinajstić information content (AvgIpc) is 2.51. The van der Waals surface area contributed by atoms with E-state index >= 15 is 0 Å². The maximum Gasteiger partial charge on any atom is 0.0794 e. The fourth-order valence-corrected chi connectivity index (χ4v) is 3.87. The normalized spacial score (nSPS) is 19.4. The fourth-order valence-electron chi connectivity index (χ4n) is 3.45. The van der Waals surface area contributed by atoms with Gasteiger partial charge >= 0.3 is 0 Å². The lowest BCUT2D eigenvalue weighted by atomic mass is 9.81. The zero-order chi connectivity index (χ0) is 15.2. The van der Waals surface area contributed by atoms with Crippen LogP contribution in [0, 0.1) is 5.92 Å². The van der Waals surface area contributed by atoms with Crippen LogP contribution in [0.2, 0.25) is 10.0 Å². The first-order chi connectivity index (χ1) is 10.2. The van der Waals surface area contributed by atoms with Crippen LogP contribution in [-0.4, -0.2) is 19.8 Å². The van der Waals surface area contributed by atoms with Gasteiger partial charge in [-0.05, 0) is 36.9 Å². The molecule has 0 aromatic heterocycles. The molecule has 2 nitrogen and oxygen atoms in total. The first-order valence-electron chi connectivity index (χ1n) is 7.89. The van der Waals surface area contributed by atoms with Crippen molar-refractivity contribution in [3.05, 3.63) is 33.8 Å². The number of nitrogens with one attached hydrogen (secondary N) is 1. The third-order valence-corrected chi connectivity index (χ3v) is 5.29. The van der Waals surface area contributed by atoms with Crippen LogP contribution in [0.1, 0.15) is 50.6 Å². The highest BCUT2D eigenvalue weighted by Crippen LogP contribution is 2.38. The standard InChI is InChI=1S/C17H25Cl2NO/c1-3-20-16(13-10-7-11-14(18)15(13)19)17(21-2)12-8-5-4-6-9-12/h7,10-12,16-17,20H,3-6,8-9H2,1-2H3. The highest BCUT2D eigenvalue weighted by atomic mass is 35.5. The van der Waals surface area contributed by atoms with Crippen molar-refractivity contribution in [2.75, 3.05) is 13.7 Å². The Bertz CT molecular complexity index is 446. The van der Waals surface area contributed by atoms with Crippen molar-refractivity contribution in [3.8, 4) is 0 Å². The molecule has 0 radical (unpaired) electrons. The number of methoxy groups -OCH3 is 1. The summed E-state index contributed by atoms with van der Waals surface area (Å²) in [5, 5.41) is 4.80. The maximum atomic E-state index is 6.44. The van der Waals surface area contributed by atoms with Crippen molar-refractivity contribution < 1.29 is 4.74 Å². The number of rotatable bonds is 6. The first-order valence-corrected chi connectivity index (χ1v) is 8.64. The zero-order valence-corrected chi connectivity index (χ0v) is 14.4. The van der Waals surface area contributed by atoms with E-state index in [2.05, 4.69) is 18.3 Å². The summed E-state index contributed by atoms with van der Waals surface area (Å²) in [6.07, 6.45) is 6.55. The van der Waals surface area contributed by atoms with Crippen LogP contribution in [0.25, 0.3) is 0 Å². The van der Waals surface area contributed by atoms with Crippen molar-refractivity contribution in [2.24, 2.45) is 5.92 Å². The number of likely N-dealkylation sites (N-methyl/N-ethyl adjacent to an activating group) is 1. The number of hydrogen-bond donors (Lipinski definition) is 1. The molecule has 21 heavy (non-hydrogen) atoms. The van der Waals surface area contributed by atoms with Crippen molar-refractivity contribution in [1.29, 1.82) is 0 Å². The second-order valence-electron chi connectivity index (χ2n) is 5.78. The van der Waals surface area contributed by atoms with E-state index in [4.69, 9.17) is 27.9 Å². The summed E-state index contributed by atoms with van der Waals surface area (Å²) in [5.74, 6) is 0.586. The van der Waals surface area contributed by atoms with Gasteiger partial charge in [-0.1, -0.05) is 61.5 Å². The molecule has 0 bridgehead atoms. The summed E-state index contributed by atoms with van der Waals surface area (Å²) < 4.78 is 5.89. The minimum Gasteiger partial charge on any atom is -0.379 e. The van der Waals surface area contributed by atoms with Gasteiger partial charge in [-0.3, -0.25) is 0 Å². The van der Waals surface area contributed by atoms with Gasteiger partial charge < -0.3 is 10.1 Å². The van der Waals surface area contributed by atoms with Gasteiger partial charge in [0.1, 0.15) is 0 Å². The van der Waals surface area contributed by atoms with Crippen LogP contribution < -0.4 is 5.32 Å². The van der Waals surface area contributed by atoms with Gasteiger partial charge in [0.15, 0.2) is 0 Å². The van der Waals surface area contributed by atoms with E-state index in [9.17, 15) is 0 Å². The maximum absolute atomic E-state index is 6.44. The Labute approximate surface area is 138 Å². The van der Waals surface area contributed by atoms with Crippen LogP contribution in [0.4, 0.5) is 0 Å². The summed E-state index contributed by atoms with van der Waals surface area (Å²) >= 11 is 12.6. The van der Waals surface area contributed by atoms with Gasteiger partial charge in [0.25, 0.3) is 0 Å². The molecule has 1 saturated carbocycles. The van der Waals surface area contributed by atoms with E-state index < -0.39 is 0 Å². The second-order valence-corrected chi connectivity index (χ2v) is 6.56. The van der Waals surface area contributed by atoms with E-state index in [-0.39, 0.29) is 12.1 Å². The molecule has 2 rings (SSSR count). The molecule has 0 amide bonds. The molecule has 2 unspecified atom stereocenters. The highest BCUT2D eigenvalue weighted by Gasteiger charge is 2.32. The Morgan fingerprint density at radius 1 is 1.24 bits per heavy atom. The lowest BCUT2D eigenvalue weighted by Crippen LogP contribution is -2.39. The Kier molecular flexibility index (Phi) is 6.81. The molecule has 1 aliphatic carbocycles. The number of ether oxygens (including phenoxy) is 1. The van der Waals surface area contributed by atoms with E-state index in [1.54, 1.807) is 0 Å². The predicted molar refractivity (Wildman–Crippen MR) is 90.3 cm³/mol. The molecule has 1 aliphatic rings. The molecule has 1 fully saturated rings. The van der Waals surface area contributed by atoms with Crippen molar-refractivity contribution in [1.82, 2.24) is 5.32 Å². The Hall–Kier alpha value is -0.280. The number of benzene rings is 1. The largest absolute Gasteiger partial charge is 0.379 e. The molecule has 1 aromatic rings. The molecule has 0 aliphatic heterocycles. The van der Waals surface area contributed by atoms with Gasteiger partial charge in [0.05, 0.1) is 22.2 Å². The summed E-state index contributed by atoms with van der Waals surface area (Å²) in [4.78, 5) is 0. The molecule has 4 heteroatoms. The first kappa shape index (κ1) is 17.1. The lowest BCUT2D eigenvalue weighted by Gasteiger charge is -2.36. The van der Waals surface area contributed by atoms with Gasteiger partial charge in [0.2, 0.25) is 0 Å². The molecule has 0 spiro atoms. The zero-order valence-electron chi connectivity index (χ0n) is 12.9. The van der Waals surface area contributed by atoms with E-state index in [1.165, 1.54) is 32.1 Å². The number of halogens is 2. The Morgan fingerprint density at radius 3 is 2.57 bits per heavy atom. The van der Waals surface area contributed by atoms with Crippen molar-refractivity contribution in [3.63, 3.8) is 0 Å². The molecular formula is C17H25Cl2NO. The molecular weight excluding hydrogens is 305 g/mol. The third kappa shape index (κ3) is 4.13. The monoisotopic (exact) mass is 329 g/mol. The molecule has 0 saturated heterocycles. The number of hydrogen-bond acceptors (Lipinski definition) is 2. The third-order valence-electron chi connectivity index (χ3n) is 4.46. The molecule has 118 valence electrons.